The summed E-state index contributed by atoms with van der Waals surface area (Å²) in [5.74, 6) is -1.42. The molecule has 0 aliphatic heterocycles. The summed E-state index contributed by atoms with van der Waals surface area (Å²) < 4.78 is 22.0. The summed E-state index contributed by atoms with van der Waals surface area (Å²) in [6.07, 6.45) is 1.27. The Morgan fingerprint density at radius 2 is 2.00 bits per heavy atom. The van der Waals surface area contributed by atoms with Crippen molar-refractivity contribution in [3.05, 3.63) is 45.0 Å². The molecule has 1 N–H and O–H groups in total. The van der Waals surface area contributed by atoms with Crippen LogP contribution in [-0.2, 0) is 13.8 Å². The highest BCUT2D eigenvalue weighted by atomic mass is 35.7. The Kier molecular flexibility index (Phi) is 5.05. The fourth-order valence-corrected chi connectivity index (χ4v) is 1.82. The number of rotatable bonds is 5. The van der Waals surface area contributed by atoms with Crippen molar-refractivity contribution in [2.75, 3.05) is 0 Å². The predicted octanol–water partition coefficient (Wildman–Crippen LogP) is 1.26. The number of hydrogen-bond donors (Lipinski definition) is 1. The van der Waals surface area contributed by atoms with E-state index in [4.69, 9.17) is 15.8 Å². The molecule has 0 fully saturated rings. The van der Waals surface area contributed by atoms with Gasteiger partial charge in [-0.2, -0.15) is 0 Å². The standard InChI is InChI=1S/C8H8ClNO6S/c1-3-7(17(9,15)16)6(10(13)14)4-5(2)8(11)12/h3-4H,1H2,2H3,(H,11,12)/b5-4+,7-6-. The van der Waals surface area contributed by atoms with Crippen molar-refractivity contribution < 1.29 is 23.2 Å². The first kappa shape index (κ1) is 15.3. The van der Waals surface area contributed by atoms with E-state index in [1.54, 1.807) is 0 Å². The van der Waals surface area contributed by atoms with Crippen molar-refractivity contribution in [1.82, 2.24) is 0 Å². The SMILES string of the molecule is C=C/C(=C(\C=C(/C)C(=O)O)[N+](=O)[O-])S(=O)(=O)Cl. The lowest BCUT2D eigenvalue weighted by Gasteiger charge is -1.98. The Labute approximate surface area is 101 Å². The van der Waals surface area contributed by atoms with Crippen LogP contribution in [0.5, 0.6) is 0 Å². The second-order valence-electron chi connectivity index (χ2n) is 2.78. The molecule has 0 bridgehead atoms. The van der Waals surface area contributed by atoms with Gasteiger partial charge in [-0.25, -0.2) is 13.2 Å². The molecule has 17 heavy (non-hydrogen) atoms. The lowest BCUT2D eigenvalue weighted by atomic mass is 10.2. The predicted molar refractivity (Wildman–Crippen MR) is 60.4 cm³/mol. The number of carbonyl (C=O) groups is 1. The Bertz CT molecular complexity index is 530. The number of nitrogens with zero attached hydrogens (tertiary/aromatic N) is 1. The van der Waals surface area contributed by atoms with Gasteiger partial charge in [0.2, 0.25) is 0 Å². The average Bonchev–Trinajstić information content (AvgIpc) is 2.14. The second-order valence-corrected chi connectivity index (χ2v) is 5.32. The summed E-state index contributed by atoms with van der Waals surface area (Å²) >= 11 is 0. The van der Waals surface area contributed by atoms with Gasteiger partial charge in [-0.05, 0) is 13.0 Å². The summed E-state index contributed by atoms with van der Waals surface area (Å²) in [7, 11) is 0.587. The number of hydrogen-bond acceptors (Lipinski definition) is 5. The molecule has 94 valence electrons. The highest BCUT2D eigenvalue weighted by Gasteiger charge is 2.24. The smallest absolute Gasteiger partial charge is 0.331 e. The maximum absolute atomic E-state index is 11.0. The molecule has 0 spiro atoms. The van der Waals surface area contributed by atoms with E-state index in [1.807, 2.05) is 0 Å². The van der Waals surface area contributed by atoms with E-state index >= 15 is 0 Å². The number of aliphatic carboxylic acids is 1. The van der Waals surface area contributed by atoms with Crippen molar-refractivity contribution >= 4 is 25.7 Å². The van der Waals surface area contributed by atoms with Gasteiger partial charge in [0.05, 0.1) is 4.92 Å². The first-order valence-electron chi connectivity index (χ1n) is 3.98. The summed E-state index contributed by atoms with van der Waals surface area (Å²) in [5.41, 5.74) is -1.36. The summed E-state index contributed by atoms with van der Waals surface area (Å²) in [5, 5.41) is 19.2. The third-order valence-electron chi connectivity index (χ3n) is 1.59. The number of carboxylic acids is 1. The fraction of sp³-hybridized carbons (Fsp3) is 0.125. The maximum atomic E-state index is 11.0. The first-order chi connectivity index (χ1) is 7.61. The van der Waals surface area contributed by atoms with Crippen LogP contribution >= 0.6 is 10.7 Å². The molecule has 0 rings (SSSR count). The maximum Gasteiger partial charge on any atom is 0.331 e. The summed E-state index contributed by atoms with van der Waals surface area (Å²) in [6, 6.07) is 0. The molecule has 7 nitrogen and oxygen atoms in total. The normalized spacial score (nSPS) is 13.9. The van der Waals surface area contributed by atoms with E-state index in [-0.39, 0.29) is 0 Å². The molecule has 0 saturated carbocycles. The van der Waals surface area contributed by atoms with Gasteiger partial charge < -0.3 is 5.11 Å². The minimum Gasteiger partial charge on any atom is -0.478 e. The number of nitro groups is 1. The molecule has 0 aliphatic rings. The molecule has 0 radical (unpaired) electrons. The quantitative estimate of drug-likeness (QED) is 0.267. The molecule has 0 heterocycles. The van der Waals surface area contributed by atoms with Crippen molar-refractivity contribution in [2.24, 2.45) is 0 Å². The van der Waals surface area contributed by atoms with Crippen molar-refractivity contribution in [2.45, 2.75) is 6.92 Å². The Morgan fingerprint density at radius 1 is 1.53 bits per heavy atom. The van der Waals surface area contributed by atoms with Crippen LogP contribution in [0.4, 0.5) is 0 Å². The molecule has 0 saturated heterocycles. The Balaban J connectivity index is 6.10. The number of allylic oxidation sites excluding steroid dienone is 2. The van der Waals surface area contributed by atoms with Crippen LogP contribution in [0.15, 0.2) is 34.9 Å². The summed E-state index contributed by atoms with van der Waals surface area (Å²) in [6.45, 7) is 4.16. The van der Waals surface area contributed by atoms with Gasteiger partial charge in [0.25, 0.3) is 14.7 Å². The largest absolute Gasteiger partial charge is 0.478 e. The topological polar surface area (TPSA) is 115 Å². The first-order valence-corrected chi connectivity index (χ1v) is 6.29. The van der Waals surface area contributed by atoms with E-state index in [0.29, 0.717) is 12.2 Å². The molecule has 0 aromatic heterocycles. The molecule has 0 unspecified atom stereocenters. The zero-order valence-corrected chi connectivity index (χ0v) is 10.2. The molecule has 9 heteroatoms. The van der Waals surface area contributed by atoms with Gasteiger partial charge in [0, 0.05) is 22.3 Å². The lowest BCUT2D eigenvalue weighted by Crippen LogP contribution is -2.07. The van der Waals surface area contributed by atoms with Crippen LogP contribution in [0.1, 0.15) is 6.92 Å². The van der Waals surface area contributed by atoms with E-state index in [2.05, 4.69) is 6.58 Å². The van der Waals surface area contributed by atoms with Crippen LogP contribution in [0, 0.1) is 10.1 Å². The molecule has 0 aliphatic carbocycles. The van der Waals surface area contributed by atoms with E-state index < -0.39 is 36.1 Å². The van der Waals surface area contributed by atoms with Crippen molar-refractivity contribution in [3.8, 4) is 0 Å². The highest BCUT2D eigenvalue weighted by molar-refractivity contribution is 8.17. The number of halogens is 1. The lowest BCUT2D eigenvalue weighted by molar-refractivity contribution is -0.419. The third kappa shape index (κ3) is 4.37. The molecule has 0 aromatic carbocycles. The Hall–Kier alpha value is -1.67. The van der Waals surface area contributed by atoms with Gasteiger partial charge in [0.1, 0.15) is 0 Å². The second kappa shape index (κ2) is 5.60. The molecular weight excluding hydrogens is 274 g/mol. The van der Waals surface area contributed by atoms with Gasteiger partial charge in [-0.1, -0.05) is 6.58 Å². The van der Waals surface area contributed by atoms with Crippen molar-refractivity contribution in [1.29, 1.82) is 0 Å². The van der Waals surface area contributed by atoms with Crippen LogP contribution < -0.4 is 0 Å². The summed E-state index contributed by atoms with van der Waals surface area (Å²) in [4.78, 5) is 19.2. The van der Waals surface area contributed by atoms with Gasteiger partial charge in [-0.15, -0.1) is 0 Å². The van der Waals surface area contributed by atoms with E-state index in [1.165, 1.54) is 0 Å². The molecular formula is C8H8ClNO6S. The van der Waals surface area contributed by atoms with Crippen LogP contribution in [0.25, 0.3) is 0 Å². The van der Waals surface area contributed by atoms with Crippen LogP contribution in [0.3, 0.4) is 0 Å². The Morgan fingerprint density at radius 3 is 2.24 bits per heavy atom. The van der Waals surface area contributed by atoms with Gasteiger partial charge in [0.15, 0.2) is 4.91 Å². The van der Waals surface area contributed by atoms with Crippen LogP contribution in [0.2, 0.25) is 0 Å². The molecule has 0 amide bonds. The van der Waals surface area contributed by atoms with Gasteiger partial charge >= 0.3 is 5.97 Å². The minimum atomic E-state index is -4.38. The monoisotopic (exact) mass is 281 g/mol. The van der Waals surface area contributed by atoms with Crippen LogP contribution in [-0.4, -0.2) is 24.4 Å². The molecule has 0 aromatic rings. The van der Waals surface area contributed by atoms with E-state index in [0.717, 1.165) is 6.92 Å². The number of carboxylic acid groups (broad SMARTS) is 1. The highest BCUT2D eigenvalue weighted by Crippen LogP contribution is 2.20. The zero-order chi connectivity index (χ0) is 13.8. The van der Waals surface area contributed by atoms with E-state index in [9.17, 15) is 23.3 Å². The van der Waals surface area contributed by atoms with Gasteiger partial charge in [-0.3, -0.25) is 10.1 Å². The molecule has 0 atom stereocenters. The minimum absolute atomic E-state index is 0.406. The zero-order valence-electron chi connectivity index (χ0n) is 8.58. The average molecular weight is 282 g/mol. The third-order valence-corrected chi connectivity index (χ3v) is 2.99. The fourth-order valence-electron chi connectivity index (χ4n) is 0.810. The van der Waals surface area contributed by atoms with Crippen molar-refractivity contribution in [3.63, 3.8) is 0 Å².